The van der Waals surface area contributed by atoms with E-state index in [1.54, 1.807) is 42.5 Å². The van der Waals surface area contributed by atoms with Crippen LogP contribution in [0.4, 0.5) is 4.79 Å². The summed E-state index contributed by atoms with van der Waals surface area (Å²) in [5.41, 5.74) is 1.81. The molecule has 0 unspecified atom stereocenters. The zero-order valence-electron chi connectivity index (χ0n) is 14.2. The van der Waals surface area contributed by atoms with Gasteiger partial charge in [-0.15, -0.1) is 6.58 Å². The fourth-order valence-corrected chi connectivity index (χ4v) is 2.96. The van der Waals surface area contributed by atoms with Crippen molar-refractivity contribution in [3.8, 4) is 5.75 Å². The molecule has 0 radical (unpaired) electrons. The molecule has 2 aromatic carbocycles. The zero-order chi connectivity index (χ0) is 19.4. The highest BCUT2D eigenvalue weighted by Gasteiger charge is 2.32. The van der Waals surface area contributed by atoms with Crippen molar-refractivity contribution in [3.05, 3.63) is 82.0 Å². The Bertz CT molecular complexity index is 923. The Morgan fingerprint density at radius 2 is 1.85 bits per heavy atom. The minimum atomic E-state index is -0.453. The van der Waals surface area contributed by atoms with Gasteiger partial charge in [-0.1, -0.05) is 47.5 Å². The monoisotopic (exact) mass is 402 g/mol. The molecule has 0 spiro atoms. The third-order valence-electron chi connectivity index (χ3n) is 3.87. The van der Waals surface area contributed by atoms with Gasteiger partial charge in [-0.2, -0.15) is 0 Å². The molecule has 3 amide bonds. The largest absolute Gasteiger partial charge is 0.489 e. The number of urea groups is 1. The van der Waals surface area contributed by atoms with E-state index >= 15 is 0 Å². The van der Waals surface area contributed by atoms with Crippen molar-refractivity contribution in [1.82, 2.24) is 10.2 Å². The number of amides is 3. The maximum absolute atomic E-state index is 12.2. The fourth-order valence-electron chi connectivity index (χ4n) is 2.49. The van der Waals surface area contributed by atoms with Gasteiger partial charge in [-0.25, -0.2) is 4.79 Å². The van der Waals surface area contributed by atoms with Gasteiger partial charge in [0.15, 0.2) is 0 Å². The molecule has 7 heteroatoms. The van der Waals surface area contributed by atoms with Crippen molar-refractivity contribution in [2.75, 3.05) is 6.54 Å². The molecule has 0 atom stereocenters. The number of benzene rings is 2. The molecule has 1 saturated heterocycles. The summed E-state index contributed by atoms with van der Waals surface area (Å²) in [5, 5.41) is 3.67. The molecule has 1 N–H and O–H groups in total. The molecule has 138 valence electrons. The molecule has 27 heavy (non-hydrogen) atoms. The zero-order valence-corrected chi connectivity index (χ0v) is 15.8. The number of imide groups is 1. The van der Waals surface area contributed by atoms with Gasteiger partial charge in [-0.05, 0) is 35.9 Å². The Hall–Kier alpha value is -2.76. The molecular formula is C20H16Cl2N2O3. The quantitative estimate of drug-likeness (QED) is 0.434. The van der Waals surface area contributed by atoms with E-state index < -0.39 is 6.03 Å². The number of carbonyl (C=O) groups excluding carboxylic acids is 2. The van der Waals surface area contributed by atoms with E-state index in [0.717, 1.165) is 16.0 Å². The van der Waals surface area contributed by atoms with Crippen LogP contribution < -0.4 is 10.1 Å². The van der Waals surface area contributed by atoms with Crippen LogP contribution in [0.25, 0.3) is 6.08 Å². The number of rotatable bonds is 6. The normalized spacial score (nSPS) is 15.2. The second kappa shape index (κ2) is 8.29. The van der Waals surface area contributed by atoms with Gasteiger partial charge in [-0.3, -0.25) is 9.69 Å². The first-order chi connectivity index (χ1) is 13.0. The average molecular weight is 403 g/mol. The maximum atomic E-state index is 12.2. The Morgan fingerprint density at radius 1 is 1.11 bits per heavy atom. The topological polar surface area (TPSA) is 58.6 Å². The van der Waals surface area contributed by atoms with E-state index in [0.29, 0.717) is 22.4 Å². The molecule has 2 aromatic rings. The van der Waals surface area contributed by atoms with Crippen molar-refractivity contribution >= 4 is 41.2 Å². The highest BCUT2D eigenvalue weighted by molar-refractivity contribution is 6.35. The average Bonchev–Trinajstić information content (AvgIpc) is 2.90. The van der Waals surface area contributed by atoms with Crippen molar-refractivity contribution < 1.29 is 14.3 Å². The summed E-state index contributed by atoms with van der Waals surface area (Å²) in [5.74, 6) is 0.274. The van der Waals surface area contributed by atoms with E-state index in [9.17, 15) is 9.59 Å². The lowest BCUT2D eigenvalue weighted by Crippen LogP contribution is -2.30. The number of carbonyl (C=O) groups is 2. The molecule has 0 saturated carbocycles. The van der Waals surface area contributed by atoms with Gasteiger partial charge in [0.25, 0.3) is 5.91 Å². The first-order valence-corrected chi connectivity index (χ1v) is 8.86. The molecule has 1 aliphatic rings. The standard InChI is InChI=1S/C20H16Cl2N2O3/c1-2-9-24-19(25)18(23-20(24)26)10-13-3-7-16(8-4-13)27-12-14-5-6-15(21)11-17(14)22/h2-8,10-11H,1,9,12H2,(H,23,26)/b18-10+. The van der Waals surface area contributed by atoms with E-state index in [4.69, 9.17) is 27.9 Å². The summed E-state index contributed by atoms with van der Waals surface area (Å²) in [6, 6.07) is 11.9. The van der Waals surface area contributed by atoms with Crippen LogP contribution >= 0.6 is 23.2 Å². The summed E-state index contributed by atoms with van der Waals surface area (Å²) >= 11 is 12.0. The van der Waals surface area contributed by atoms with Crippen molar-refractivity contribution in [2.24, 2.45) is 0 Å². The van der Waals surface area contributed by atoms with Crippen LogP contribution in [0.3, 0.4) is 0 Å². The number of hydrogen-bond acceptors (Lipinski definition) is 3. The summed E-state index contributed by atoms with van der Waals surface area (Å²) < 4.78 is 5.72. The van der Waals surface area contributed by atoms with Crippen molar-refractivity contribution in [3.63, 3.8) is 0 Å². The van der Waals surface area contributed by atoms with Gasteiger partial charge < -0.3 is 10.1 Å². The summed E-state index contributed by atoms with van der Waals surface area (Å²) in [6.07, 6.45) is 3.11. The van der Waals surface area contributed by atoms with Crippen LogP contribution in [0.2, 0.25) is 10.0 Å². The third-order valence-corrected chi connectivity index (χ3v) is 4.46. The van der Waals surface area contributed by atoms with Crippen LogP contribution in [-0.4, -0.2) is 23.4 Å². The summed E-state index contributed by atoms with van der Waals surface area (Å²) in [6.45, 7) is 4.01. The second-order valence-corrected chi connectivity index (χ2v) is 6.63. The summed E-state index contributed by atoms with van der Waals surface area (Å²) in [4.78, 5) is 25.0. The second-order valence-electron chi connectivity index (χ2n) is 5.79. The molecule has 1 aliphatic heterocycles. The Morgan fingerprint density at radius 3 is 2.52 bits per heavy atom. The molecule has 0 aromatic heterocycles. The highest BCUT2D eigenvalue weighted by Crippen LogP contribution is 2.23. The Kier molecular flexibility index (Phi) is 5.84. The molecule has 1 fully saturated rings. The highest BCUT2D eigenvalue weighted by atomic mass is 35.5. The minimum Gasteiger partial charge on any atom is -0.489 e. The molecule has 5 nitrogen and oxygen atoms in total. The Balaban J connectivity index is 1.66. The van der Waals surface area contributed by atoms with Crippen LogP contribution in [0.15, 0.2) is 60.8 Å². The number of ether oxygens (including phenoxy) is 1. The van der Waals surface area contributed by atoms with Crippen LogP contribution in [0, 0.1) is 0 Å². The first kappa shape index (κ1) is 19.0. The molecule has 1 heterocycles. The van der Waals surface area contributed by atoms with Crippen LogP contribution in [0.5, 0.6) is 5.75 Å². The van der Waals surface area contributed by atoms with E-state index in [2.05, 4.69) is 11.9 Å². The number of halogens is 2. The van der Waals surface area contributed by atoms with Crippen molar-refractivity contribution in [2.45, 2.75) is 6.61 Å². The lowest BCUT2D eigenvalue weighted by molar-refractivity contribution is -0.122. The number of hydrogen-bond donors (Lipinski definition) is 1. The maximum Gasteiger partial charge on any atom is 0.329 e. The van der Waals surface area contributed by atoms with Gasteiger partial charge in [0, 0.05) is 22.2 Å². The molecule has 0 aliphatic carbocycles. The predicted molar refractivity (Wildman–Crippen MR) is 106 cm³/mol. The Labute approximate surface area is 166 Å². The van der Waals surface area contributed by atoms with Gasteiger partial charge in [0.2, 0.25) is 0 Å². The minimum absolute atomic E-state index is 0.169. The predicted octanol–water partition coefficient (Wildman–Crippen LogP) is 4.65. The smallest absolute Gasteiger partial charge is 0.329 e. The lowest BCUT2D eigenvalue weighted by Gasteiger charge is -2.08. The van der Waals surface area contributed by atoms with Crippen molar-refractivity contribution in [1.29, 1.82) is 0 Å². The van der Waals surface area contributed by atoms with Gasteiger partial charge in [0.05, 0.1) is 0 Å². The fraction of sp³-hybridized carbons (Fsp3) is 0.100. The van der Waals surface area contributed by atoms with Crippen LogP contribution in [0.1, 0.15) is 11.1 Å². The van der Waals surface area contributed by atoms with Crippen LogP contribution in [-0.2, 0) is 11.4 Å². The van der Waals surface area contributed by atoms with Gasteiger partial charge >= 0.3 is 6.03 Å². The summed E-state index contributed by atoms with van der Waals surface area (Å²) in [7, 11) is 0. The molecule has 3 rings (SSSR count). The SMILES string of the molecule is C=CCN1C(=O)N/C(=C/c2ccc(OCc3ccc(Cl)cc3Cl)cc2)C1=O. The lowest BCUT2D eigenvalue weighted by atomic mass is 10.2. The number of nitrogens with one attached hydrogen (secondary N) is 1. The third kappa shape index (κ3) is 4.51. The number of nitrogens with zero attached hydrogens (tertiary/aromatic N) is 1. The molecule has 0 bridgehead atoms. The molecular weight excluding hydrogens is 387 g/mol. The van der Waals surface area contributed by atoms with E-state index in [-0.39, 0.29) is 18.1 Å². The van der Waals surface area contributed by atoms with Gasteiger partial charge in [0.1, 0.15) is 18.1 Å². The van der Waals surface area contributed by atoms with E-state index in [1.807, 2.05) is 6.07 Å². The van der Waals surface area contributed by atoms with E-state index in [1.165, 1.54) is 6.08 Å². The first-order valence-electron chi connectivity index (χ1n) is 8.10.